The molecule has 0 unspecified atom stereocenters. The molecule has 0 saturated heterocycles. The Labute approximate surface area is 244 Å². The fourth-order valence-electron chi connectivity index (χ4n) is 4.79. The van der Waals surface area contributed by atoms with Gasteiger partial charge in [0.2, 0.25) is 18.6 Å². The molecule has 1 aliphatic heterocycles. The summed E-state index contributed by atoms with van der Waals surface area (Å²) in [5.41, 5.74) is 6.11. The molecule has 2 heterocycles. The molecule has 2 amide bonds. The number of nitrogens with one attached hydrogen (secondary N) is 1. The number of fused-ring (bicyclic) bond motifs is 1. The van der Waals surface area contributed by atoms with Crippen molar-refractivity contribution >= 4 is 17.8 Å². The number of carbonyl (C=O) groups excluding carboxylic acids is 2. The van der Waals surface area contributed by atoms with E-state index in [0.29, 0.717) is 23.0 Å². The van der Waals surface area contributed by atoms with E-state index in [0.717, 1.165) is 33.6 Å². The third-order valence-electron chi connectivity index (χ3n) is 7.07. The van der Waals surface area contributed by atoms with Crippen LogP contribution in [0.3, 0.4) is 0 Å². The van der Waals surface area contributed by atoms with Gasteiger partial charge < -0.3 is 14.4 Å². The first-order valence-electron chi connectivity index (χ1n) is 13.7. The van der Waals surface area contributed by atoms with Gasteiger partial charge in [-0.3, -0.25) is 19.5 Å². The van der Waals surface area contributed by atoms with E-state index < -0.39 is 0 Å². The van der Waals surface area contributed by atoms with Gasteiger partial charge in [-0.05, 0) is 49.7 Å². The third-order valence-corrected chi connectivity index (χ3v) is 7.07. The molecule has 0 fully saturated rings. The van der Waals surface area contributed by atoms with E-state index in [1.54, 1.807) is 18.2 Å². The number of carbonyl (C=O) groups is 2. The number of rotatable bonds is 8. The van der Waals surface area contributed by atoms with Crippen molar-refractivity contribution in [2.75, 3.05) is 18.7 Å². The molecule has 4 aromatic carbocycles. The first kappa shape index (κ1) is 26.8. The lowest BCUT2D eigenvalue weighted by Gasteiger charge is -2.23. The summed E-state index contributed by atoms with van der Waals surface area (Å²) in [6.07, 6.45) is 1.91. The van der Waals surface area contributed by atoms with Crippen LogP contribution in [0.2, 0.25) is 0 Å². The topological polar surface area (TPSA) is 85.7 Å². The van der Waals surface area contributed by atoms with Crippen LogP contribution in [0.25, 0.3) is 16.9 Å². The van der Waals surface area contributed by atoms with E-state index in [-0.39, 0.29) is 31.7 Å². The zero-order valence-electron chi connectivity index (χ0n) is 23.4. The normalized spacial score (nSPS) is 11.8. The Bertz CT molecular complexity index is 1730. The molecule has 0 bridgehead atoms. The summed E-state index contributed by atoms with van der Waals surface area (Å²) in [6, 6.07) is 30.7. The third kappa shape index (κ3) is 5.88. The maximum Gasteiger partial charge on any atom is 0.254 e. The van der Waals surface area contributed by atoms with Crippen LogP contribution in [-0.2, 0) is 11.3 Å². The van der Waals surface area contributed by atoms with Gasteiger partial charge in [0.25, 0.3) is 5.91 Å². The number of imidazole rings is 1. The fourth-order valence-corrected chi connectivity index (χ4v) is 4.79. The zero-order valence-corrected chi connectivity index (χ0v) is 23.4. The van der Waals surface area contributed by atoms with Crippen molar-refractivity contribution in [3.8, 4) is 28.4 Å². The lowest BCUT2D eigenvalue weighted by atomic mass is 10.1. The molecule has 0 saturated carbocycles. The quantitative estimate of drug-likeness (QED) is 0.246. The van der Waals surface area contributed by atoms with Crippen molar-refractivity contribution in [1.29, 1.82) is 0 Å². The second-order valence-electron chi connectivity index (χ2n) is 10.3. The molecule has 210 valence electrons. The number of anilines is 1. The SMILES string of the molecule is Cc1ccc(-c2cn(-c3ccc(C)cc3)c(NC(=O)CN(Cc3ccccc3)C(=O)c3ccc4c(c3)OCO4)n2)cc1. The average Bonchev–Trinajstić information content (AvgIpc) is 3.65. The molecule has 8 heteroatoms. The van der Waals surface area contributed by atoms with E-state index >= 15 is 0 Å². The Morgan fingerprint density at radius 1 is 0.857 bits per heavy atom. The van der Waals surface area contributed by atoms with E-state index in [1.807, 2.05) is 103 Å². The summed E-state index contributed by atoms with van der Waals surface area (Å²) in [6.45, 7) is 4.25. The van der Waals surface area contributed by atoms with Crippen molar-refractivity contribution in [1.82, 2.24) is 14.5 Å². The molecule has 1 aromatic heterocycles. The number of amides is 2. The predicted molar refractivity (Wildman–Crippen MR) is 161 cm³/mol. The summed E-state index contributed by atoms with van der Waals surface area (Å²) < 4.78 is 12.7. The number of nitrogens with zero attached hydrogens (tertiary/aromatic N) is 3. The molecule has 6 rings (SSSR count). The zero-order chi connectivity index (χ0) is 29.1. The van der Waals surface area contributed by atoms with Gasteiger partial charge in [0.15, 0.2) is 11.5 Å². The van der Waals surface area contributed by atoms with Crippen LogP contribution in [0, 0.1) is 13.8 Å². The van der Waals surface area contributed by atoms with Crippen LogP contribution in [-0.4, -0.2) is 39.6 Å². The minimum absolute atomic E-state index is 0.112. The number of ether oxygens (including phenoxy) is 2. The van der Waals surface area contributed by atoms with E-state index in [4.69, 9.17) is 14.5 Å². The summed E-state index contributed by atoms with van der Waals surface area (Å²) in [7, 11) is 0. The highest BCUT2D eigenvalue weighted by Gasteiger charge is 2.24. The summed E-state index contributed by atoms with van der Waals surface area (Å²) >= 11 is 0. The van der Waals surface area contributed by atoms with E-state index in [9.17, 15) is 9.59 Å². The molecule has 42 heavy (non-hydrogen) atoms. The molecule has 1 aliphatic rings. The van der Waals surface area contributed by atoms with Gasteiger partial charge >= 0.3 is 0 Å². The predicted octanol–water partition coefficient (Wildman–Crippen LogP) is 6.17. The molecule has 0 aliphatic carbocycles. The van der Waals surface area contributed by atoms with Gasteiger partial charge in [0, 0.05) is 29.6 Å². The smallest absolute Gasteiger partial charge is 0.254 e. The lowest BCUT2D eigenvalue weighted by Crippen LogP contribution is -2.38. The minimum atomic E-state index is -0.366. The molecular formula is C34H30N4O4. The summed E-state index contributed by atoms with van der Waals surface area (Å²) in [4.78, 5) is 33.6. The van der Waals surface area contributed by atoms with Gasteiger partial charge in [0.1, 0.15) is 6.54 Å². The van der Waals surface area contributed by atoms with Crippen LogP contribution in [0.4, 0.5) is 5.95 Å². The Kier molecular flexibility index (Phi) is 7.43. The summed E-state index contributed by atoms with van der Waals surface area (Å²) in [5.74, 6) is 0.804. The number of benzene rings is 4. The monoisotopic (exact) mass is 558 g/mol. The fraction of sp³-hybridized carbons (Fsp3) is 0.147. The second kappa shape index (κ2) is 11.6. The van der Waals surface area contributed by atoms with Crippen LogP contribution < -0.4 is 14.8 Å². The van der Waals surface area contributed by atoms with Crippen LogP contribution >= 0.6 is 0 Å². The highest BCUT2D eigenvalue weighted by molar-refractivity contribution is 5.99. The van der Waals surface area contributed by atoms with Gasteiger partial charge in [0.05, 0.1) is 5.69 Å². The van der Waals surface area contributed by atoms with Crippen LogP contribution in [0.5, 0.6) is 11.5 Å². The Hall–Kier alpha value is -5.37. The molecule has 0 radical (unpaired) electrons. The summed E-state index contributed by atoms with van der Waals surface area (Å²) in [5, 5.41) is 2.96. The van der Waals surface area contributed by atoms with Crippen molar-refractivity contribution in [3.63, 3.8) is 0 Å². The maximum atomic E-state index is 13.7. The van der Waals surface area contributed by atoms with Crippen molar-refractivity contribution in [2.45, 2.75) is 20.4 Å². The highest BCUT2D eigenvalue weighted by atomic mass is 16.7. The van der Waals surface area contributed by atoms with Gasteiger partial charge in [-0.15, -0.1) is 0 Å². The van der Waals surface area contributed by atoms with Crippen molar-refractivity contribution < 1.29 is 19.1 Å². The Balaban J connectivity index is 1.29. The highest BCUT2D eigenvalue weighted by Crippen LogP contribution is 2.33. The molecule has 5 aromatic rings. The lowest BCUT2D eigenvalue weighted by molar-refractivity contribution is -0.117. The molecule has 0 spiro atoms. The molecule has 8 nitrogen and oxygen atoms in total. The molecule has 0 atom stereocenters. The number of hydrogen-bond acceptors (Lipinski definition) is 5. The minimum Gasteiger partial charge on any atom is -0.454 e. The maximum absolute atomic E-state index is 13.7. The van der Waals surface area contributed by atoms with Crippen molar-refractivity contribution in [2.24, 2.45) is 0 Å². The number of hydrogen-bond donors (Lipinski definition) is 1. The standard InChI is InChI=1S/C34H30N4O4/c1-23-8-12-26(13-9-23)29-20-38(28-15-10-24(2)11-16-28)34(35-29)36-32(39)21-37(19-25-6-4-3-5-7-25)33(40)27-14-17-30-31(18-27)42-22-41-30/h3-18,20H,19,21-22H2,1-2H3,(H,35,36,39). The molecular weight excluding hydrogens is 528 g/mol. The Morgan fingerprint density at radius 3 is 2.29 bits per heavy atom. The largest absolute Gasteiger partial charge is 0.454 e. The Morgan fingerprint density at radius 2 is 1.55 bits per heavy atom. The average molecular weight is 559 g/mol. The van der Waals surface area contributed by atoms with Gasteiger partial charge in [-0.2, -0.15) is 0 Å². The van der Waals surface area contributed by atoms with Crippen molar-refractivity contribution in [3.05, 3.63) is 126 Å². The van der Waals surface area contributed by atoms with Gasteiger partial charge in [-0.25, -0.2) is 4.98 Å². The first-order chi connectivity index (χ1) is 20.4. The number of aryl methyl sites for hydroxylation is 2. The van der Waals surface area contributed by atoms with E-state index in [1.165, 1.54) is 4.90 Å². The van der Waals surface area contributed by atoms with E-state index in [2.05, 4.69) is 5.32 Å². The molecule has 1 N–H and O–H groups in total. The first-order valence-corrected chi connectivity index (χ1v) is 13.7. The number of aromatic nitrogens is 2. The van der Waals surface area contributed by atoms with Gasteiger partial charge in [-0.1, -0.05) is 77.9 Å². The van der Waals surface area contributed by atoms with Crippen LogP contribution in [0.1, 0.15) is 27.0 Å². The van der Waals surface area contributed by atoms with Crippen LogP contribution in [0.15, 0.2) is 103 Å². The second-order valence-corrected chi connectivity index (χ2v) is 10.3.